The normalized spacial score (nSPS) is 12.4. The Hall–Kier alpha value is -1.27. The van der Waals surface area contributed by atoms with Gasteiger partial charge in [0.15, 0.2) is 0 Å². The van der Waals surface area contributed by atoms with Gasteiger partial charge >= 0.3 is 0 Å². The van der Waals surface area contributed by atoms with E-state index in [-0.39, 0.29) is 0 Å². The van der Waals surface area contributed by atoms with Crippen LogP contribution >= 0.6 is 22.9 Å². The van der Waals surface area contributed by atoms with E-state index in [1.54, 1.807) is 11.3 Å². The molecule has 0 saturated carbocycles. The molecule has 0 spiro atoms. The number of ether oxygens (including phenoxy) is 1. The molecule has 4 nitrogen and oxygen atoms in total. The highest BCUT2D eigenvalue weighted by Crippen LogP contribution is 2.23. The third kappa shape index (κ3) is 5.85. The van der Waals surface area contributed by atoms with Gasteiger partial charge in [-0.25, -0.2) is 0 Å². The zero-order valence-electron chi connectivity index (χ0n) is 12.8. The minimum Gasteiger partial charge on any atom is -0.491 e. The van der Waals surface area contributed by atoms with Crippen molar-refractivity contribution < 1.29 is 9.84 Å². The summed E-state index contributed by atoms with van der Waals surface area (Å²) in [6.07, 6.45) is -0.489. The third-order valence-corrected chi connectivity index (χ3v) is 4.20. The van der Waals surface area contributed by atoms with Gasteiger partial charge < -0.3 is 20.1 Å². The van der Waals surface area contributed by atoms with Crippen molar-refractivity contribution in [2.24, 2.45) is 0 Å². The summed E-state index contributed by atoms with van der Waals surface area (Å²) in [7, 11) is 3.84. The number of rotatable bonds is 8. The number of aliphatic hydroxyl groups excluding tert-OH is 1. The van der Waals surface area contributed by atoms with Gasteiger partial charge in [-0.1, -0.05) is 11.6 Å². The minimum absolute atomic E-state index is 0.290. The maximum atomic E-state index is 9.76. The van der Waals surface area contributed by atoms with Crippen LogP contribution in [0.3, 0.4) is 0 Å². The summed E-state index contributed by atoms with van der Waals surface area (Å²) in [4.78, 5) is 3.12. The standard InChI is InChI=1S/C16H21ClN2O2S/c1-19(2)10-13(20)11-21-14-5-3-12(4-6-14)18-9-15-7-8-16(17)22-15/h3-8,13,18,20H,9-11H2,1-2H3. The molecule has 2 aromatic rings. The van der Waals surface area contributed by atoms with Crippen molar-refractivity contribution in [3.8, 4) is 5.75 Å². The summed E-state index contributed by atoms with van der Waals surface area (Å²) in [5.74, 6) is 0.752. The topological polar surface area (TPSA) is 44.7 Å². The van der Waals surface area contributed by atoms with Crippen LogP contribution < -0.4 is 10.1 Å². The molecule has 0 aliphatic carbocycles. The number of nitrogens with zero attached hydrogens (tertiary/aromatic N) is 1. The molecule has 1 aromatic heterocycles. The van der Waals surface area contributed by atoms with Crippen LogP contribution in [0.25, 0.3) is 0 Å². The van der Waals surface area contributed by atoms with Gasteiger partial charge in [-0.05, 0) is 50.5 Å². The number of anilines is 1. The van der Waals surface area contributed by atoms with Crippen molar-refractivity contribution in [2.45, 2.75) is 12.6 Å². The fraction of sp³-hybridized carbons (Fsp3) is 0.375. The Balaban J connectivity index is 1.77. The van der Waals surface area contributed by atoms with Crippen molar-refractivity contribution in [3.63, 3.8) is 0 Å². The number of likely N-dealkylation sites (N-methyl/N-ethyl adjacent to an activating group) is 1. The zero-order chi connectivity index (χ0) is 15.9. The van der Waals surface area contributed by atoms with E-state index in [1.807, 2.05) is 55.4 Å². The van der Waals surface area contributed by atoms with Crippen LogP contribution in [0.2, 0.25) is 4.34 Å². The van der Waals surface area contributed by atoms with Gasteiger partial charge in [0.05, 0.1) is 4.34 Å². The Labute approximate surface area is 140 Å². The van der Waals surface area contributed by atoms with E-state index in [4.69, 9.17) is 16.3 Å². The Bertz CT molecular complexity index is 572. The predicted molar refractivity (Wildman–Crippen MR) is 93.2 cm³/mol. The molecule has 1 atom stereocenters. The molecule has 0 bridgehead atoms. The molecule has 0 aliphatic rings. The zero-order valence-corrected chi connectivity index (χ0v) is 14.3. The van der Waals surface area contributed by atoms with Crippen LogP contribution in [0.5, 0.6) is 5.75 Å². The number of nitrogens with one attached hydrogen (secondary N) is 1. The van der Waals surface area contributed by atoms with E-state index in [1.165, 1.54) is 4.88 Å². The first-order valence-corrected chi connectivity index (χ1v) is 8.26. The van der Waals surface area contributed by atoms with Crippen molar-refractivity contribution in [1.82, 2.24) is 4.90 Å². The molecule has 0 aliphatic heterocycles. The van der Waals surface area contributed by atoms with E-state index in [0.717, 1.165) is 22.3 Å². The molecule has 0 radical (unpaired) electrons. The van der Waals surface area contributed by atoms with Gasteiger partial charge in [0.25, 0.3) is 0 Å². The summed E-state index contributed by atoms with van der Waals surface area (Å²) >= 11 is 7.48. The first-order valence-electron chi connectivity index (χ1n) is 7.06. The second-order valence-corrected chi connectivity index (χ2v) is 7.11. The molecule has 1 heterocycles. The lowest BCUT2D eigenvalue weighted by Crippen LogP contribution is -2.30. The second kappa shape index (κ2) is 8.39. The van der Waals surface area contributed by atoms with E-state index in [2.05, 4.69) is 5.32 Å². The Morgan fingerprint density at radius 2 is 1.95 bits per heavy atom. The van der Waals surface area contributed by atoms with E-state index in [0.29, 0.717) is 13.2 Å². The Morgan fingerprint density at radius 3 is 2.55 bits per heavy atom. The number of benzene rings is 1. The highest BCUT2D eigenvalue weighted by molar-refractivity contribution is 7.16. The monoisotopic (exact) mass is 340 g/mol. The quantitative estimate of drug-likeness (QED) is 0.773. The van der Waals surface area contributed by atoms with Crippen molar-refractivity contribution in [2.75, 3.05) is 32.6 Å². The summed E-state index contributed by atoms with van der Waals surface area (Å²) in [5.41, 5.74) is 1.02. The van der Waals surface area contributed by atoms with Crippen molar-refractivity contribution in [1.29, 1.82) is 0 Å². The van der Waals surface area contributed by atoms with Crippen molar-refractivity contribution >= 4 is 28.6 Å². The smallest absolute Gasteiger partial charge is 0.119 e. The van der Waals surface area contributed by atoms with Gasteiger partial charge in [-0.2, -0.15) is 0 Å². The lowest BCUT2D eigenvalue weighted by atomic mass is 10.3. The summed E-state index contributed by atoms with van der Waals surface area (Å²) in [6, 6.07) is 11.6. The van der Waals surface area contributed by atoms with Gasteiger partial charge in [0.2, 0.25) is 0 Å². The third-order valence-electron chi connectivity index (χ3n) is 2.97. The highest BCUT2D eigenvalue weighted by Gasteiger charge is 2.06. The number of hydrogen-bond donors (Lipinski definition) is 2. The molecule has 120 valence electrons. The van der Waals surface area contributed by atoms with Crippen LogP contribution in [-0.4, -0.2) is 43.4 Å². The SMILES string of the molecule is CN(C)CC(O)COc1ccc(NCc2ccc(Cl)s2)cc1. The fourth-order valence-corrected chi connectivity index (χ4v) is 3.00. The highest BCUT2D eigenvalue weighted by atomic mass is 35.5. The predicted octanol–water partition coefficient (Wildman–Crippen LogP) is 3.31. The molecule has 1 aromatic carbocycles. The molecular weight excluding hydrogens is 320 g/mol. The molecule has 0 fully saturated rings. The van der Waals surface area contributed by atoms with E-state index in [9.17, 15) is 5.11 Å². The molecule has 22 heavy (non-hydrogen) atoms. The molecule has 1 unspecified atom stereocenters. The minimum atomic E-state index is -0.489. The maximum Gasteiger partial charge on any atom is 0.119 e. The summed E-state index contributed by atoms with van der Waals surface area (Å²) in [6.45, 7) is 1.63. The number of aliphatic hydroxyl groups is 1. The molecule has 0 amide bonds. The summed E-state index contributed by atoms with van der Waals surface area (Å²) in [5, 5.41) is 13.1. The molecular formula is C16H21ClN2O2S. The fourth-order valence-electron chi connectivity index (χ4n) is 1.97. The average Bonchev–Trinajstić information content (AvgIpc) is 2.89. The average molecular weight is 341 g/mol. The van der Waals surface area contributed by atoms with Crippen LogP contribution in [0.1, 0.15) is 4.88 Å². The second-order valence-electron chi connectivity index (χ2n) is 5.31. The summed E-state index contributed by atoms with van der Waals surface area (Å²) < 4.78 is 6.37. The largest absolute Gasteiger partial charge is 0.491 e. The Kier molecular flexibility index (Phi) is 6.51. The van der Waals surface area contributed by atoms with Gasteiger partial charge in [0.1, 0.15) is 18.5 Å². The maximum absolute atomic E-state index is 9.76. The Morgan fingerprint density at radius 1 is 1.23 bits per heavy atom. The molecule has 0 saturated heterocycles. The van der Waals surface area contributed by atoms with Gasteiger partial charge in [-0.15, -0.1) is 11.3 Å². The van der Waals surface area contributed by atoms with E-state index < -0.39 is 6.10 Å². The van der Waals surface area contributed by atoms with Crippen LogP contribution in [-0.2, 0) is 6.54 Å². The molecule has 2 N–H and O–H groups in total. The first kappa shape index (κ1) is 17.1. The number of halogens is 1. The van der Waals surface area contributed by atoms with Gasteiger partial charge in [-0.3, -0.25) is 0 Å². The van der Waals surface area contributed by atoms with Crippen LogP contribution in [0.15, 0.2) is 36.4 Å². The first-order chi connectivity index (χ1) is 10.5. The van der Waals surface area contributed by atoms with Gasteiger partial charge in [0, 0.05) is 23.7 Å². The molecule has 2 rings (SSSR count). The lowest BCUT2D eigenvalue weighted by Gasteiger charge is -2.16. The lowest BCUT2D eigenvalue weighted by molar-refractivity contribution is 0.0831. The number of thiophene rings is 1. The van der Waals surface area contributed by atoms with Crippen LogP contribution in [0, 0.1) is 0 Å². The molecule has 6 heteroatoms. The van der Waals surface area contributed by atoms with E-state index >= 15 is 0 Å². The number of hydrogen-bond acceptors (Lipinski definition) is 5. The van der Waals surface area contributed by atoms with Crippen LogP contribution in [0.4, 0.5) is 5.69 Å². The van der Waals surface area contributed by atoms with Crippen molar-refractivity contribution in [3.05, 3.63) is 45.6 Å².